The van der Waals surface area contributed by atoms with Crippen molar-refractivity contribution in [3.63, 3.8) is 0 Å². The fourth-order valence-corrected chi connectivity index (χ4v) is 4.41. The third-order valence-electron chi connectivity index (χ3n) is 6.16. The second-order valence-corrected chi connectivity index (χ2v) is 8.03. The smallest absolute Gasteiger partial charge is 0.118 e. The molecule has 2 aromatic rings. The predicted molar refractivity (Wildman–Crippen MR) is 116 cm³/mol. The summed E-state index contributed by atoms with van der Waals surface area (Å²) in [7, 11) is 1.72. The van der Waals surface area contributed by atoms with Gasteiger partial charge in [0.05, 0.1) is 7.11 Å². The largest absolute Gasteiger partial charge is 0.497 e. The van der Waals surface area contributed by atoms with Crippen molar-refractivity contribution in [2.45, 2.75) is 58.3 Å². The van der Waals surface area contributed by atoms with Gasteiger partial charge in [-0.2, -0.15) is 0 Å². The number of benzene rings is 2. The molecule has 0 heterocycles. The Hall–Kier alpha value is -2.02. The number of methoxy groups -OCH3 is 1. The molecule has 0 spiro atoms. The molecule has 0 atom stereocenters. The van der Waals surface area contributed by atoms with E-state index in [4.69, 9.17) is 4.74 Å². The van der Waals surface area contributed by atoms with E-state index in [0.717, 1.165) is 24.0 Å². The van der Waals surface area contributed by atoms with Crippen LogP contribution in [0.4, 0.5) is 0 Å². The lowest BCUT2D eigenvalue weighted by Gasteiger charge is -2.26. The minimum Gasteiger partial charge on any atom is -0.497 e. The van der Waals surface area contributed by atoms with E-state index in [9.17, 15) is 0 Å². The van der Waals surface area contributed by atoms with Crippen molar-refractivity contribution in [1.82, 2.24) is 0 Å². The van der Waals surface area contributed by atoms with Crippen LogP contribution in [0, 0.1) is 11.8 Å². The number of hydrogen-bond donors (Lipinski definition) is 0. The molecule has 0 aromatic heterocycles. The summed E-state index contributed by atoms with van der Waals surface area (Å²) in [6.07, 6.45) is 12.4. The number of rotatable bonds is 8. The van der Waals surface area contributed by atoms with E-state index in [2.05, 4.69) is 62.0 Å². The van der Waals surface area contributed by atoms with E-state index in [1.807, 2.05) is 0 Å². The summed E-state index contributed by atoms with van der Waals surface area (Å²) >= 11 is 0. The molecule has 3 rings (SSSR count). The average Bonchev–Trinajstić information content (AvgIpc) is 2.73. The topological polar surface area (TPSA) is 9.23 Å². The zero-order valence-electron chi connectivity index (χ0n) is 17.0. The molecule has 1 aliphatic rings. The van der Waals surface area contributed by atoms with Crippen LogP contribution in [0.1, 0.15) is 56.6 Å². The van der Waals surface area contributed by atoms with Crippen molar-refractivity contribution in [1.29, 1.82) is 0 Å². The van der Waals surface area contributed by atoms with Crippen LogP contribution in [0.25, 0.3) is 11.1 Å². The van der Waals surface area contributed by atoms with Crippen LogP contribution in [-0.4, -0.2) is 7.11 Å². The summed E-state index contributed by atoms with van der Waals surface area (Å²) < 4.78 is 5.30. The zero-order chi connectivity index (χ0) is 19.1. The Morgan fingerprint density at radius 1 is 1.00 bits per heavy atom. The second kappa shape index (κ2) is 9.78. The van der Waals surface area contributed by atoms with E-state index in [-0.39, 0.29) is 0 Å². The summed E-state index contributed by atoms with van der Waals surface area (Å²) in [6.45, 7) is 6.23. The van der Waals surface area contributed by atoms with Crippen molar-refractivity contribution in [2.75, 3.05) is 7.11 Å². The number of aryl methyl sites for hydroxylation is 2. The SMILES string of the molecule is C=C[C@H]1CC[C@H](CCc2ccc(-c3ccc(OC)cc3)c(CCC)c2)CC1. The van der Waals surface area contributed by atoms with Gasteiger partial charge >= 0.3 is 0 Å². The van der Waals surface area contributed by atoms with Crippen LogP contribution in [-0.2, 0) is 12.8 Å². The Labute approximate surface area is 165 Å². The molecule has 0 aliphatic heterocycles. The number of allylic oxidation sites excluding steroid dienone is 1. The predicted octanol–water partition coefficient (Wildman–Crippen LogP) is 7.24. The summed E-state index contributed by atoms with van der Waals surface area (Å²) in [6, 6.07) is 15.6. The van der Waals surface area contributed by atoms with Gasteiger partial charge in [0.2, 0.25) is 0 Å². The Kier molecular flexibility index (Phi) is 7.15. The van der Waals surface area contributed by atoms with Crippen molar-refractivity contribution >= 4 is 0 Å². The van der Waals surface area contributed by atoms with Crippen LogP contribution in [0.5, 0.6) is 5.75 Å². The molecule has 0 amide bonds. The van der Waals surface area contributed by atoms with Crippen molar-refractivity contribution < 1.29 is 4.74 Å². The van der Waals surface area contributed by atoms with E-state index in [1.54, 1.807) is 7.11 Å². The van der Waals surface area contributed by atoms with E-state index in [0.29, 0.717) is 0 Å². The molecule has 1 fully saturated rings. The minimum atomic E-state index is 0.765. The van der Waals surface area contributed by atoms with Gasteiger partial charge in [-0.05, 0) is 91.2 Å². The summed E-state index contributed by atoms with van der Waals surface area (Å²) in [5.41, 5.74) is 5.64. The highest BCUT2D eigenvalue weighted by Gasteiger charge is 2.19. The zero-order valence-corrected chi connectivity index (χ0v) is 17.0. The molecule has 1 nitrogen and oxygen atoms in total. The van der Waals surface area contributed by atoms with Crippen LogP contribution in [0.3, 0.4) is 0 Å². The summed E-state index contributed by atoms with van der Waals surface area (Å²) in [5, 5.41) is 0. The molecule has 0 radical (unpaired) electrons. The highest BCUT2D eigenvalue weighted by molar-refractivity contribution is 5.68. The summed E-state index contributed by atoms with van der Waals surface area (Å²) in [5.74, 6) is 2.58. The van der Waals surface area contributed by atoms with Gasteiger partial charge in [0.25, 0.3) is 0 Å². The lowest BCUT2D eigenvalue weighted by atomic mass is 9.79. The maximum absolute atomic E-state index is 5.30. The Morgan fingerprint density at radius 3 is 2.37 bits per heavy atom. The lowest BCUT2D eigenvalue weighted by Crippen LogP contribution is -2.13. The van der Waals surface area contributed by atoms with Gasteiger partial charge in [0.1, 0.15) is 5.75 Å². The highest BCUT2D eigenvalue weighted by Crippen LogP contribution is 2.33. The van der Waals surface area contributed by atoms with Gasteiger partial charge in [0, 0.05) is 0 Å². The monoisotopic (exact) mass is 362 g/mol. The Balaban J connectivity index is 1.68. The van der Waals surface area contributed by atoms with Crippen LogP contribution >= 0.6 is 0 Å². The molecular formula is C26H34O. The highest BCUT2D eigenvalue weighted by atomic mass is 16.5. The molecule has 1 aliphatic carbocycles. The first-order valence-corrected chi connectivity index (χ1v) is 10.6. The molecule has 27 heavy (non-hydrogen) atoms. The van der Waals surface area contributed by atoms with Gasteiger partial charge in [-0.25, -0.2) is 0 Å². The van der Waals surface area contributed by atoms with Crippen LogP contribution in [0.2, 0.25) is 0 Å². The van der Waals surface area contributed by atoms with Crippen molar-refractivity contribution in [3.05, 3.63) is 66.2 Å². The number of hydrogen-bond acceptors (Lipinski definition) is 1. The normalized spacial score (nSPS) is 19.6. The second-order valence-electron chi connectivity index (χ2n) is 8.03. The molecule has 0 saturated heterocycles. The summed E-state index contributed by atoms with van der Waals surface area (Å²) in [4.78, 5) is 0. The maximum atomic E-state index is 5.30. The first kappa shape index (κ1) is 19.7. The molecule has 1 saturated carbocycles. The lowest BCUT2D eigenvalue weighted by molar-refractivity contribution is 0.296. The third-order valence-corrected chi connectivity index (χ3v) is 6.16. The fraction of sp³-hybridized carbons (Fsp3) is 0.462. The molecule has 0 unspecified atom stereocenters. The van der Waals surface area contributed by atoms with Crippen LogP contribution < -0.4 is 4.74 Å². The standard InChI is InChI=1S/C26H34O/c1-4-6-24-19-22(12-11-21-9-7-20(5-2)8-10-21)13-18-26(24)23-14-16-25(27-3)17-15-23/h5,13-21H,2,4,6-12H2,1,3H3/t20-,21-. The third kappa shape index (κ3) is 5.25. The van der Waals surface area contributed by atoms with Gasteiger partial charge in [-0.3, -0.25) is 0 Å². The minimum absolute atomic E-state index is 0.765. The number of ether oxygens (including phenoxy) is 1. The van der Waals surface area contributed by atoms with E-state index < -0.39 is 0 Å². The molecular weight excluding hydrogens is 328 g/mol. The fourth-order valence-electron chi connectivity index (χ4n) is 4.41. The van der Waals surface area contributed by atoms with Gasteiger partial charge in [-0.1, -0.05) is 49.8 Å². The van der Waals surface area contributed by atoms with Gasteiger partial charge in [0.15, 0.2) is 0 Å². The molecule has 0 N–H and O–H groups in total. The van der Waals surface area contributed by atoms with E-state index in [1.165, 1.54) is 67.2 Å². The van der Waals surface area contributed by atoms with Gasteiger partial charge in [-0.15, -0.1) is 6.58 Å². The van der Waals surface area contributed by atoms with E-state index >= 15 is 0 Å². The molecule has 1 heteroatoms. The first-order chi connectivity index (χ1) is 13.2. The van der Waals surface area contributed by atoms with Crippen molar-refractivity contribution in [2.24, 2.45) is 11.8 Å². The quantitative estimate of drug-likeness (QED) is 0.450. The Bertz CT molecular complexity index is 720. The Morgan fingerprint density at radius 2 is 1.74 bits per heavy atom. The average molecular weight is 363 g/mol. The van der Waals surface area contributed by atoms with Crippen molar-refractivity contribution in [3.8, 4) is 16.9 Å². The molecule has 144 valence electrons. The maximum Gasteiger partial charge on any atom is 0.118 e. The molecule has 0 bridgehead atoms. The first-order valence-electron chi connectivity index (χ1n) is 10.6. The van der Waals surface area contributed by atoms with Gasteiger partial charge < -0.3 is 4.74 Å². The van der Waals surface area contributed by atoms with Crippen LogP contribution in [0.15, 0.2) is 55.1 Å². The molecule has 2 aromatic carbocycles.